The average molecular weight is 368 g/mol. The zero-order chi connectivity index (χ0) is 18.1. The molecule has 26 heavy (non-hydrogen) atoms. The third-order valence-electron chi connectivity index (χ3n) is 4.71. The van der Waals surface area contributed by atoms with Crippen molar-refractivity contribution in [1.82, 2.24) is 24.8 Å². The van der Waals surface area contributed by atoms with E-state index in [1.165, 1.54) is 11.3 Å². The molecule has 0 spiro atoms. The molecule has 134 valence electrons. The second-order valence-corrected chi connectivity index (χ2v) is 7.39. The van der Waals surface area contributed by atoms with Gasteiger partial charge in [-0.1, -0.05) is 55.8 Å². The summed E-state index contributed by atoms with van der Waals surface area (Å²) in [7, 11) is 0. The molecule has 5 nitrogen and oxygen atoms in total. The van der Waals surface area contributed by atoms with Crippen LogP contribution in [-0.4, -0.2) is 31.4 Å². The van der Waals surface area contributed by atoms with Gasteiger partial charge in [-0.25, -0.2) is 15.0 Å². The first-order valence-electron chi connectivity index (χ1n) is 8.97. The molecule has 1 aromatic carbocycles. The van der Waals surface area contributed by atoms with Crippen LogP contribution in [0.1, 0.15) is 42.5 Å². The molecule has 2 aromatic heterocycles. The molecule has 1 aliphatic rings. The SMILES string of the molecule is CC(C)c1ncc2c(n1)CCN(Cc1[nH]c(-c3ccccc3)nc1Cl)C2. The van der Waals surface area contributed by atoms with E-state index < -0.39 is 0 Å². The van der Waals surface area contributed by atoms with Gasteiger partial charge in [0, 0.05) is 55.0 Å². The lowest BCUT2D eigenvalue weighted by Crippen LogP contribution is -2.31. The number of rotatable bonds is 4. The van der Waals surface area contributed by atoms with E-state index in [1.807, 2.05) is 36.5 Å². The van der Waals surface area contributed by atoms with Gasteiger partial charge in [0.2, 0.25) is 0 Å². The summed E-state index contributed by atoms with van der Waals surface area (Å²) in [4.78, 5) is 19.5. The highest BCUT2D eigenvalue weighted by molar-refractivity contribution is 6.30. The standard InChI is InChI=1S/C20H22ClN5/c1-13(2)19-22-10-15-11-26(9-8-16(15)23-19)12-17-18(21)25-20(24-17)14-6-4-3-5-7-14/h3-7,10,13H,8-9,11-12H2,1-2H3,(H,24,25). The van der Waals surface area contributed by atoms with Gasteiger partial charge in [0.05, 0.1) is 5.69 Å². The maximum atomic E-state index is 6.38. The van der Waals surface area contributed by atoms with Gasteiger partial charge in [-0.05, 0) is 0 Å². The van der Waals surface area contributed by atoms with E-state index in [-0.39, 0.29) is 0 Å². The van der Waals surface area contributed by atoms with Gasteiger partial charge in [0.1, 0.15) is 11.6 Å². The van der Waals surface area contributed by atoms with Crippen molar-refractivity contribution in [3.8, 4) is 11.4 Å². The van der Waals surface area contributed by atoms with Crippen molar-refractivity contribution in [2.24, 2.45) is 0 Å². The molecular weight excluding hydrogens is 346 g/mol. The Bertz CT molecular complexity index is 904. The van der Waals surface area contributed by atoms with Crippen molar-refractivity contribution < 1.29 is 0 Å². The zero-order valence-electron chi connectivity index (χ0n) is 15.0. The number of H-pyrrole nitrogens is 1. The number of hydrogen-bond donors (Lipinski definition) is 1. The van der Waals surface area contributed by atoms with Crippen LogP contribution in [0.3, 0.4) is 0 Å². The Labute approximate surface area is 158 Å². The Balaban J connectivity index is 1.50. The fourth-order valence-electron chi connectivity index (χ4n) is 3.25. The van der Waals surface area contributed by atoms with Crippen LogP contribution in [0.4, 0.5) is 0 Å². The molecule has 0 bridgehead atoms. The molecule has 6 heteroatoms. The summed E-state index contributed by atoms with van der Waals surface area (Å²) in [5, 5.41) is 0.543. The fourth-order valence-corrected chi connectivity index (χ4v) is 3.44. The quantitative estimate of drug-likeness (QED) is 0.750. The molecule has 3 aromatic rings. The van der Waals surface area contributed by atoms with E-state index in [0.717, 1.165) is 49.0 Å². The molecular formula is C20H22ClN5. The molecule has 4 rings (SSSR count). The number of fused-ring (bicyclic) bond motifs is 1. The maximum absolute atomic E-state index is 6.38. The van der Waals surface area contributed by atoms with Crippen LogP contribution in [0.2, 0.25) is 5.15 Å². The second-order valence-electron chi connectivity index (χ2n) is 7.04. The van der Waals surface area contributed by atoms with Gasteiger partial charge in [-0.3, -0.25) is 4.90 Å². The molecule has 1 N–H and O–H groups in total. The summed E-state index contributed by atoms with van der Waals surface area (Å²) in [5.41, 5.74) is 4.38. The van der Waals surface area contributed by atoms with Crippen molar-refractivity contribution in [1.29, 1.82) is 0 Å². The van der Waals surface area contributed by atoms with Crippen molar-refractivity contribution in [3.05, 3.63) is 64.5 Å². The largest absolute Gasteiger partial charge is 0.339 e. The fraction of sp³-hybridized carbons (Fsp3) is 0.350. The van der Waals surface area contributed by atoms with Crippen LogP contribution in [-0.2, 0) is 19.5 Å². The van der Waals surface area contributed by atoms with E-state index in [9.17, 15) is 0 Å². The third-order valence-corrected chi connectivity index (χ3v) is 5.02. The number of aromatic nitrogens is 4. The predicted molar refractivity (Wildman–Crippen MR) is 103 cm³/mol. The van der Waals surface area contributed by atoms with Crippen LogP contribution in [0, 0.1) is 0 Å². The summed E-state index contributed by atoms with van der Waals surface area (Å²) in [6.07, 6.45) is 2.92. The van der Waals surface area contributed by atoms with Gasteiger partial charge in [-0.2, -0.15) is 0 Å². The van der Waals surface area contributed by atoms with Crippen LogP contribution < -0.4 is 0 Å². The number of nitrogens with zero attached hydrogens (tertiary/aromatic N) is 4. The Morgan fingerprint density at radius 3 is 2.77 bits per heavy atom. The van der Waals surface area contributed by atoms with E-state index in [4.69, 9.17) is 16.6 Å². The number of nitrogens with one attached hydrogen (secondary N) is 1. The minimum absolute atomic E-state index is 0.360. The van der Waals surface area contributed by atoms with Gasteiger partial charge in [-0.15, -0.1) is 0 Å². The van der Waals surface area contributed by atoms with Crippen LogP contribution in [0.25, 0.3) is 11.4 Å². The molecule has 0 radical (unpaired) electrons. The van der Waals surface area contributed by atoms with Crippen molar-refractivity contribution >= 4 is 11.6 Å². The van der Waals surface area contributed by atoms with Gasteiger partial charge in [0.15, 0.2) is 5.15 Å². The highest BCUT2D eigenvalue weighted by atomic mass is 35.5. The van der Waals surface area contributed by atoms with Crippen molar-refractivity contribution in [3.63, 3.8) is 0 Å². The zero-order valence-corrected chi connectivity index (χ0v) is 15.8. The number of aromatic amines is 1. The summed E-state index contributed by atoms with van der Waals surface area (Å²) in [6.45, 7) is 6.79. The second kappa shape index (κ2) is 7.17. The van der Waals surface area contributed by atoms with Crippen LogP contribution in [0.5, 0.6) is 0 Å². The summed E-state index contributed by atoms with van der Waals surface area (Å²) >= 11 is 6.38. The number of hydrogen-bond acceptors (Lipinski definition) is 4. The Morgan fingerprint density at radius 1 is 1.19 bits per heavy atom. The minimum Gasteiger partial charge on any atom is -0.339 e. The van der Waals surface area contributed by atoms with Crippen LogP contribution >= 0.6 is 11.6 Å². The Kier molecular flexibility index (Phi) is 4.74. The minimum atomic E-state index is 0.360. The monoisotopic (exact) mass is 367 g/mol. The number of benzene rings is 1. The van der Waals surface area contributed by atoms with E-state index in [1.54, 1.807) is 0 Å². The third kappa shape index (κ3) is 3.50. The maximum Gasteiger partial charge on any atom is 0.152 e. The Hall–Kier alpha value is -2.24. The molecule has 0 amide bonds. The smallest absolute Gasteiger partial charge is 0.152 e. The molecule has 1 aliphatic heterocycles. The Morgan fingerprint density at radius 2 is 2.00 bits per heavy atom. The number of imidazole rings is 1. The first-order chi connectivity index (χ1) is 12.6. The number of halogens is 1. The van der Waals surface area contributed by atoms with Crippen LogP contribution in [0.15, 0.2) is 36.5 Å². The molecule has 0 atom stereocenters. The average Bonchev–Trinajstić information content (AvgIpc) is 3.02. The predicted octanol–water partition coefficient (Wildman–Crippen LogP) is 4.20. The highest BCUT2D eigenvalue weighted by Crippen LogP contribution is 2.25. The van der Waals surface area contributed by atoms with Gasteiger partial charge < -0.3 is 4.98 Å². The topological polar surface area (TPSA) is 57.7 Å². The molecule has 0 fully saturated rings. The summed E-state index contributed by atoms with van der Waals surface area (Å²) in [6, 6.07) is 10.0. The van der Waals surface area contributed by atoms with Gasteiger partial charge in [0.25, 0.3) is 0 Å². The lowest BCUT2D eigenvalue weighted by atomic mass is 10.1. The van der Waals surface area contributed by atoms with E-state index in [2.05, 4.69) is 33.7 Å². The first-order valence-corrected chi connectivity index (χ1v) is 9.35. The van der Waals surface area contributed by atoms with Gasteiger partial charge >= 0.3 is 0 Å². The van der Waals surface area contributed by atoms with Crippen molar-refractivity contribution in [2.45, 2.75) is 39.3 Å². The van der Waals surface area contributed by atoms with E-state index >= 15 is 0 Å². The molecule has 0 saturated carbocycles. The molecule has 0 aliphatic carbocycles. The lowest BCUT2D eigenvalue weighted by molar-refractivity contribution is 0.240. The summed E-state index contributed by atoms with van der Waals surface area (Å²) in [5.74, 6) is 2.10. The lowest BCUT2D eigenvalue weighted by Gasteiger charge is -2.27. The molecule has 0 unspecified atom stereocenters. The van der Waals surface area contributed by atoms with Crippen molar-refractivity contribution in [2.75, 3.05) is 6.54 Å². The molecule has 3 heterocycles. The normalized spacial score (nSPS) is 14.6. The first kappa shape index (κ1) is 17.2. The highest BCUT2D eigenvalue weighted by Gasteiger charge is 2.21. The summed E-state index contributed by atoms with van der Waals surface area (Å²) < 4.78 is 0. The molecule has 0 saturated heterocycles. The van der Waals surface area contributed by atoms with E-state index in [0.29, 0.717) is 11.1 Å².